The van der Waals surface area contributed by atoms with Crippen LogP contribution in [-0.4, -0.2) is 41.1 Å². The van der Waals surface area contributed by atoms with Crippen LogP contribution >= 0.6 is 0 Å². The van der Waals surface area contributed by atoms with Crippen LogP contribution in [0.1, 0.15) is 64.5 Å². The van der Waals surface area contributed by atoms with Gasteiger partial charge in [-0.3, -0.25) is 4.79 Å². The van der Waals surface area contributed by atoms with E-state index in [-0.39, 0.29) is 24.9 Å². The Morgan fingerprint density at radius 3 is 2.00 bits per heavy atom. The molecule has 6 nitrogen and oxygen atoms in total. The number of esters is 1. The van der Waals surface area contributed by atoms with Crippen molar-refractivity contribution < 1.29 is 28.2 Å². The first-order valence-corrected chi connectivity index (χ1v) is 13.8. The average molecular weight is 547 g/mol. The Kier molecular flexibility index (Phi) is 13.0. The lowest BCUT2D eigenvalue weighted by molar-refractivity contribution is -0.179. The molecule has 39 heavy (non-hydrogen) atoms. The smallest absolute Gasteiger partial charge is 0.335 e. The number of aliphatic hydroxyl groups excluding tert-OH is 1. The summed E-state index contributed by atoms with van der Waals surface area (Å²) < 4.78 is 36.5. The van der Waals surface area contributed by atoms with Crippen LogP contribution in [0.2, 0.25) is 0 Å². The summed E-state index contributed by atoms with van der Waals surface area (Å²) in [6, 6.07) is 14.8. The Bertz CT molecular complexity index is 1000. The Hall–Kier alpha value is -2.84. The molecule has 0 fully saturated rings. The summed E-state index contributed by atoms with van der Waals surface area (Å²) in [6.45, 7) is 7.25. The van der Waals surface area contributed by atoms with Crippen LogP contribution in [0.4, 0.5) is 8.78 Å². The number of nitrogens with two attached hydrogens (primary N) is 1. The third-order valence-corrected chi connectivity index (χ3v) is 6.66. The summed E-state index contributed by atoms with van der Waals surface area (Å²) in [7, 11) is 0. The minimum Gasteiger partial charge on any atom is -0.459 e. The van der Waals surface area contributed by atoms with Crippen molar-refractivity contribution in [1.82, 2.24) is 5.32 Å². The van der Waals surface area contributed by atoms with E-state index in [1.165, 1.54) is 0 Å². The van der Waals surface area contributed by atoms with Crippen LogP contribution in [0.5, 0.6) is 0 Å². The summed E-state index contributed by atoms with van der Waals surface area (Å²) >= 11 is 0. The number of carbonyl (C=O) groups is 2. The van der Waals surface area contributed by atoms with E-state index in [0.29, 0.717) is 24.8 Å². The molecule has 2 aromatic rings. The molecule has 216 valence electrons. The molecule has 4 N–H and O–H groups in total. The Labute approximate surface area is 231 Å². The van der Waals surface area contributed by atoms with Crippen LogP contribution in [0.15, 0.2) is 60.7 Å². The van der Waals surface area contributed by atoms with Gasteiger partial charge in [0.15, 0.2) is 6.04 Å². The van der Waals surface area contributed by atoms with E-state index in [9.17, 15) is 14.7 Å². The largest absolute Gasteiger partial charge is 0.459 e. The van der Waals surface area contributed by atoms with Gasteiger partial charge in [0.1, 0.15) is 12.7 Å². The number of hydrogen-bond acceptors (Lipinski definition) is 5. The molecule has 1 amide bonds. The highest BCUT2D eigenvalue weighted by Crippen LogP contribution is 2.29. The number of alkyl halides is 2. The van der Waals surface area contributed by atoms with Crippen molar-refractivity contribution >= 4 is 11.9 Å². The fourth-order valence-corrected chi connectivity index (χ4v) is 4.64. The Balaban J connectivity index is 2.22. The maximum absolute atomic E-state index is 15.7. The number of hydrogen-bond donors (Lipinski definition) is 3. The molecule has 0 aliphatic rings. The highest BCUT2D eigenvalue weighted by atomic mass is 19.3. The number of carbonyl (C=O) groups excluding carboxylic acids is 2. The molecule has 8 heteroatoms. The van der Waals surface area contributed by atoms with Crippen LogP contribution in [0.25, 0.3) is 0 Å². The molecule has 0 aliphatic heterocycles. The maximum atomic E-state index is 15.7. The molecular formula is C31H44F2N2O4. The second-order valence-electron chi connectivity index (χ2n) is 11.2. The van der Waals surface area contributed by atoms with Crippen LogP contribution in [-0.2, 0) is 27.4 Å². The summed E-state index contributed by atoms with van der Waals surface area (Å²) in [5, 5.41) is 12.8. The average Bonchev–Trinajstić information content (AvgIpc) is 2.89. The molecular weight excluding hydrogens is 502 g/mol. The van der Waals surface area contributed by atoms with Gasteiger partial charge in [0, 0.05) is 12.0 Å². The Morgan fingerprint density at radius 1 is 0.923 bits per heavy atom. The number of aliphatic hydroxyl groups is 1. The number of amides is 1. The van der Waals surface area contributed by atoms with Crippen LogP contribution < -0.4 is 11.1 Å². The normalized spacial score (nSPS) is 15.0. The molecule has 0 aliphatic carbocycles. The van der Waals surface area contributed by atoms with Gasteiger partial charge in [-0.15, -0.1) is 0 Å². The van der Waals surface area contributed by atoms with Crippen molar-refractivity contribution in [3.63, 3.8) is 0 Å². The van der Waals surface area contributed by atoms with Crippen molar-refractivity contribution in [3.8, 4) is 0 Å². The van der Waals surface area contributed by atoms with Gasteiger partial charge in [-0.05, 0) is 55.1 Å². The van der Waals surface area contributed by atoms with E-state index in [1.54, 1.807) is 44.2 Å². The molecule has 0 radical (unpaired) electrons. The molecule has 0 aromatic heterocycles. The summed E-state index contributed by atoms with van der Waals surface area (Å²) in [6.07, 6.45) is 0.113. The molecule has 2 rings (SSSR count). The fraction of sp³-hybridized carbons (Fsp3) is 0.548. The van der Waals surface area contributed by atoms with Gasteiger partial charge in [-0.1, -0.05) is 88.4 Å². The van der Waals surface area contributed by atoms with E-state index in [4.69, 9.17) is 10.5 Å². The Morgan fingerprint density at radius 2 is 1.46 bits per heavy atom. The fourth-order valence-electron chi connectivity index (χ4n) is 4.64. The zero-order valence-corrected chi connectivity index (χ0v) is 23.5. The van der Waals surface area contributed by atoms with Crippen LogP contribution in [0, 0.1) is 17.8 Å². The van der Waals surface area contributed by atoms with Gasteiger partial charge < -0.3 is 20.9 Å². The van der Waals surface area contributed by atoms with E-state index in [2.05, 4.69) is 5.32 Å². The predicted molar refractivity (Wildman–Crippen MR) is 149 cm³/mol. The van der Waals surface area contributed by atoms with E-state index >= 15 is 8.78 Å². The minimum absolute atomic E-state index is 0.0523. The first kappa shape index (κ1) is 32.4. The number of benzene rings is 2. The van der Waals surface area contributed by atoms with Gasteiger partial charge in [0.05, 0.1) is 0 Å². The van der Waals surface area contributed by atoms with Crippen molar-refractivity contribution in [2.45, 2.75) is 90.5 Å². The number of halogens is 2. The van der Waals surface area contributed by atoms with Gasteiger partial charge in [-0.25, -0.2) is 13.6 Å². The van der Waals surface area contributed by atoms with E-state index in [0.717, 1.165) is 12.0 Å². The molecule has 0 saturated heterocycles. The minimum atomic E-state index is -4.05. The van der Waals surface area contributed by atoms with Crippen LogP contribution in [0.3, 0.4) is 0 Å². The van der Waals surface area contributed by atoms with Gasteiger partial charge in [-0.2, -0.15) is 0 Å². The molecule has 4 atom stereocenters. The zero-order chi connectivity index (χ0) is 29.0. The quantitative estimate of drug-likeness (QED) is 0.249. The summed E-state index contributed by atoms with van der Waals surface area (Å²) in [4.78, 5) is 26.4. The van der Waals surface area contributed by atoms with Gasteiger partial charge in [0.25, 0.3) is 0 Å². The summed E-state index contributed by atoms with van der Waals surface area (Å²) in [5.74, 6) is -6.54. The molecule has 0 saturated carbocycles. The second kappa shape index (κ2) is 15.7. The summed E-state index contributed by atoms with van der Waals surface area (Å²) in [5.41, 5.74) is 7.62. The van der Waals surface area contributed by atoms with Crippen molar-refractivity contribution in [2.24, 2.45) is 23.5 Å². The molecule has 0 spiro atoms. The third kappa shape index (κ3) is 10.7. The molecule has 4 unspecified atom stereocenters. The highest BCUT2D eigenvalue weighted by Gasteiger charge is 2.54. The SMILES string of the molecule is CC(C)CC(CCCc1ccccc1)C(=O)NC(C(=O)OCc1ccccc1)C(F)(F)C(O)C(N)CC(C)C. The van der Waals surface area contributed by atoms with E-state index < -0.39 is 41.9 Å². The monoisotopic (exact) mass is 546 g/mol. The first-order chi connectivity index (χ1) is 18.4. The van der Waals surface area contributed by atoms with Crippen molar-refractivity contribution in [1.29, 1.82) is 0 Å². The number of rotatable bonds is 16. The number of nitrogens with one attached hydrogen (secondary N) is 1. The maximum Gasteiger partial charge on any atom is 0.335 e. The predicted octanol–water partition coefficient (Wildman–Crippen LogP) is 5.27. The third-order valence-electron chi connectivity index (χ3n) is 6.66. The second-order valence-corrected chi connectivity index (χ2v) is 11.2. The topological polar surface area (TPSA) is 102 Å². The van der Waals surface area contributed by atoms with Gasteiger partial charge >= 0.3 is 11.9 Å². The standard InChI is InChI=1S/C31H44F2N2O4/c1-21(2)18-25(17-11-16-23-12-7-5-8-13-23)29(37)35-27(30(38)39-20-24-14-9-6-10-15-24)31(32,33)28(36)26(34)19-22(3)4/h5-10,12-15,21-22,25-28,36H,11,16-20,34H2,1-4H3,(H,35,37). The lowest BCUT2D eigenvalue weighted by atomic mass is 9.89. The molecule has 2 aromatic carbocycles. The van der Waals surface area contributed by atoms with Crippen molar-refractivity contribution in [3.05, 3.63) is 71.8 Å². The van der Waals surface area contributed by atoms with Crippen molar-refractivity contribution in [2.75, 3.05) is 0 Å². The highest BCUT2D eigenvalue weighted by molar-refractivity contribution is 5.86. The van der Waals surface area contributed by atoms with E-state index in [1.807, 2.05) is 44.2 Å². The number of ether oxygens (including phenoxy) is 1. The first-order valence-electron chi connectivity index (χ1n) is 13.8. The molecule has 0 bridgehead atoms. The lowest BCUT2D eigenvalue weighted by Gasteiger charge is -2.34. The number of aryl methyl sites for hydroxylation is 1. The lowest BCUT2D eigenvalue weighted by Crippen LogP contribution is -2.62. The van der Waals surface area contributed by atoms with Gasteiger partial charge in [0.2, 0.25) is 5.91 Å². The molecule has 0 heterocycles. The zero-order valence-electron chi connectivity index (χ0n) is 23.5.